The first kappa shape index (κ1) is 19.2. The lowest BCUT2D eigenvalue weighted by atomic mass is 10.1. The van der Waals surface area contributed by atoms with E-state index >= 15 is 0 Å². The van der Waals surface area contributed by atoms with Crippen molar-refractivity contribution < 1.29 is 18.9 Å². The second-order valence-corrected chi connectivity index (χ2v) is 9.06. The molecule has 5 atom stereocenters. The normalized spacial score (nSPS) is 30.2. The second-order valence-electron chi connectivity index (χ2n) is 7.11. The van der Waals surface area contributed by atoms with Gasteiger partial charge in [-0.1, -0.05) is 48.5 Å². The highest BCUT2D eigenvalue weighted by atomic mass is 35.5. The molecule has 4 rings (SSSR count). The van der Waals surface area contributed by atoms with Crippen LogP contribution in [0, 0.1) is 0 Å². The third-order valence-corrected chi connectivity index (χ3v) is 6.12. The molecule has 27 heavy (non-hydrogen) atoms. The monoisotopic (exact) mass is 406 g/mol. The Labute approximate surface area is 169 Å². The zero-order valence-corrected chi connectivity index (χ0v) is 16.9. The van der Waals surface area contributed by atoms with Crippen molar-refractivity contribution in [3.63, 3.8) is 0 Å². The maximum atomic E-state index is 6.73. The molecule has 1 unspecified atom stereocenters. The highest BCUT2D eigenvalue weighted by molar-refractivity contribution is 8.01. The van der Waals surface area contributed by atoms with Crippen LogP contribution in [0.1, 0.15) is 19.4 Å². The number of ether oxygens (including phenoxy) is 4. The van der Waals surface area contributed by atoms with E-state index < -0.39 is 12.1 Å². The molecule has 2 fully saturated rings. The van der Waals surface area contributed by atoms with Crippen LogP contribution in [0.15, 0.2) is 65.6 Å². The Bertz CT molecular complexity index is 742. The molecule has 0 spiro atoms. The lowest BCUT2D eigenvalue weighted by Crippen LogP contribution is -2.40. The summed E-state index contributed by atoms with van der Waals surface area (Å²) in [5.74, 6) is -0.691. The van der Waals surface area contributed by atoms with Gasteiger partial charge in [-0.2, -0.15) is 0 Å². The molecule has 0 amide bonds. The van der Waals surface area contributed by atoms with E-state index in [1.165, 1.54) is 0 Å². The van der Waals surface area contributed by atoms with Gasteiger partial charge in [0, 0.05) is 4.90 Å². The van der Waals surface area contributed by atoms with Crippen LogP contribution in [0.3, 0.4) is 0 Å². The van der Waals surface area contributed by atoms with Gasteiger partial charge in [0.25, 0.3) is 0 Å². The molecule has 0 saturated carbocycles. The van der Waals surface area contributed by atoms with Crippen molar-refractivity contribution in [1.82, 2.24) is 0 Å². The van der Waals surface area contributed by atoms with E-state index in [1.54, 1.807) is 11.8 Å². The number of thioether (sulfide) groups is 1. The van der Waals surface area contributed by atoms with E-state index in [0.717, 1.165) is 10.5 Å². The van der Waals surface area contributed by atoms with Crippen molar-refractivity contribution in [2.75, 3.05) is 0 Å². The summed E-state index contributed by atoms with van der Waals surface area (Å²) in [6.45, 7) is 4.24. The molecule has 2 saturated heterocycles. The molecule has 6 heteroatoms. The van der Waals surface area contributed by atoms with Gasteiger partial charge < -0.3 is 18.9 Å². The number of halogens is 1. The van der Waals surface area contributed by atoms with Crippen LogP contribution in [0.25, 0.3) is 0 Å². The quantitative estimate of drug-likeness (QED) is 0.508. The lowest BCUT2D eigenvalue weighted by molar-refractivity contribution is -0.217. The Morgan fingerprint density at radius 3 is 2.41 bits per heavy atom. The highest BCUT2D eigenvalue weighted by Gasteiger charge is 2.57. The van der Waals surface area contributed by atoms with E-state index in [4.69, 9.17) is 30.5 Å². The predicted octanol–water partition coefficient (Wildman–Crippen LogP) is 4.81. The minimum absolute atomic E-state index is 0.300. The van der Waals surface area contributed by atoms with Gasteiger partial charge in [-0.25, -0.2) is 0 Å². The van der Waals surface area contributed by atoms with Gasteiger partial charge in [0.05, 0.1) is 6.61 Å². The standard InChI is InChI=1S/C21H23ClO4S/c1-21(2)25-18-16(23-13-14-9-5-3-6-10-14)17(24-20(18)26-21)19(22)27-15-11-7-4-8-12-15/h3-12,16-20H,13H2,1-2H3/t16-,17-,18+,19?,20+/m0/s1. The predicted molar refractivity (Wildman–Crippen MR) is 106 cm³/mol. The zero-order chi connectivity index (χ0) is 18.9. The summed E-state index contributed by atoms with van der Waals surface area (Å²) >= 11 is 8.28. The van der Waals surface area contributed by atoms with E-state index in [2.05, 4.69) is 0 Å². The fourth-order valence-corrected chi connectivity index (χ4v) is 4.81. The number of alkyl halides is 1. The van der Waals surface area contributed by atoms with E-state index in [1.807, 2.05) is 74.5 Å². The van der Waals surface area contributed by atoms with Crippen LogP contribution in [0.4, 0.5) is 0 Å². The van der Waals surface area contributed by atoms with Gasteiger partial charge in [-0.05, 0) is 31.5 Å². The summed E-state index contributed by atoms with van der Waals surface area (Å²) in [6.07, 6.45) is -1.42. The van der Waals surface area contributed by atoms with Crippen LogP contribution in [0.2, 0.25) is 0 Å². The summed E-state index contributed by atoms with van der Waals surface area (Å²) in [6, 6.07) is 20.1. The Hall–Kier alpha value is -1.08. The van der Waals surface area contributed by atoms with Gasteiger partial charge in [-0.3, -0.25) is 0 Å². The van der Waals surface area contributed by atoms with Gasteiger partial charge in [-0.15, -0.1) is 23.4 Å². The minimum atomic E-state index is -0.691. The average molecular weight is 407 g/mol. The summed E-state index contributed by atoms with van der Waals surface area (Å²) in [4.78, 5) is 1.09. The molecule has 0 aromatic heterocycles. The lowest BCUT2D eigenvalue weighted by Gasteiger charge is -2.28. The smallest absolute Gasteiger partial charge is 0.190 e. The van der Waals surface area contributed by atoms with Crippen molar-refractivity contribution in [2.45, 2.75) is 60.4 Å². The Kier molecular flexibility index (Phi) is 5.78. The molecule has 2 aliphatic rings. The van der Waals surface area contributed by atoms with Crippen molar-refractivity contribution in [2.24, 2.45) is 0 Å². The molecule has 2 aromatic carbocycles. The third kappa shape index (κ3) is 4.50. The molecular weight excluding hydrogens is 384 g/mol. The molecule has 4 nitrogen and oxygen atoms in total. The second kappa shape index (κ2) is 8.11. The van der Waals surface area contributed by atoms with Crippen LogP contribution in [-0.2, 0) is 25.6 Å². The fourth-order valence-electron chi connectivity index (χ4n) is 3.37. The van der Waals surface area contributed by atoms with Crippen LogP contribution in [0.5, 0.6) is 0 Å². The molecule has 0 radical (unpaired) electrons. The maximum absolute atomic E-state index is 6.73. The number of hydrogen-bond acceptors (Lipinski definition) is 5. The number of hydrogen-bond donors (Lipinski definition) is 0. The number of rotatable bonds is 6. The Morgan fingerprint density at radius 1 is 1.04 bits per heavy atom. The highest BCUT2D eigenvalue weighted by Crippen LogP contribution is 2.43. The van der Waals surface area contributed by atoms with Crippen molar-refractivity contribution in [1.29, 1.82) is 0 Å². The molecule has 2 heterocycles. The van der Waals surface area contributed by atoms with Crippen LogP contribution >= 0.6 is 23.4 Å². The first-order valence-electron chi connectivity index (χ1n) is 9.04. The summed E-state index contributed by atoms with van der Waals surface area (Å²) in [5, 5.41) is 0. The summed E-state index contributed by atoms with van der Waals surface area (Å²) < 4.78 is 24.0. The number of benzene rings is 2. The molecule has 144 valence electrons. The minimum Gasteiger partial charge on any atom is -0.368 e. The van der Waals surface area contributed by atoms with Gasteiger partial charge in [0.1, 0.15) is 23.0 Å². The zero-order valence-electron chi connectivity index (χ0n) is 15.3. The van der Waals surface area contributed by atoms with E-state index in [0.29, 0.717) is 6.61 Å². The molecular formula is C21H23ClO4S. The van der Waals surface area contributed by atoms with Gasteiger partial charge in [0.2, 0.25) is 0 Å². The van der Waals surface area contributed by atoms with Crippen molar-refractivity contribution in [3.8, 4) is 0 Å². The van der Waals surface area contributed by atoms with E-state index in [-0.39, 0.29) is 23.0 Å². The largest absolute Gasteiger partial charge is 0.368 e. The molecule has 0 N–H and O–H groups in total. The number of fused-ring (bicyclic) bond motifs is 1. The third-order valence-electron chi connectivity index (χ3n) is 4.56. The summed E-state index contributed by atoms with van der Waals surface area (Å²) in [5.41, 5.74) is 1.10. The SMILES string of the molecule is CC1(C)O[C@H]2O[C@H](C(Cl)Sc3ccccc3)[C@H](OCc3ccccc3)[C@H]2O1. The van der Waals surface area contributed by atoms with Gasteiger partial charge >= 0.3 is 0 Å². The van der Waals surface area contributed by atoms with Crippen LogP contribution < -0.4 is 0 Å². The maximum Gasteiger partial charge on any atom is 0.190 e. The van der Waals surface area contributed by atoms with E-state index in [9.17, 15) is 0 Å². The molecule has 0 bridgehead atoms. The molecule has 0 aliphatic carbocycles. The summed E-state index contributed by atoms with van der Waals surface area (Å²) in [7, 11) is 0. The molecule has 2 aromatic rings. The van der Waals surface area contributed by atoms with Crippen molar-refractivity contribution in [3.05, 3.63) is 66.2 Å². The fraction of sp³-hybridized carbons (Fsp3) is 0.429. The van der Waals surface area contributed by atoms with Crippen molar-refractivity contribution >= 4 is 23.4 Å². The van der Waals surface area contributed by atoms with Crippen LogP contribution in [-0.4, -0.2) is 35.1 Å². The topological polar surface area (TPSA) is 36.9 Å². The first-order valence-corrected chi connectivity index (χ1v) is 10.4. The Balaban J connectivity index is 1.48. The average Bonchev–Trinajstić information content (AvgIpc) is 3.13. The molecule has 2 aliphatic heterocycles. The Morgan fingerprint density at radius 2 is 1.70 bits per heavy atom. The first-order chi connectivity index (χ1) is 13.0. The van der Waals surface area contributed by atoms with Gasteiger partial charge in [0.15, 0.2) is 12.1 Å².